The van der Waals surface area contributed by atoms with E-state index in [1.54, 1.807) is 0 Å². The van der Waals surface area contributed by atoms with Crippen LogP contribution >= 0.6 is 0 Å². The van der Waals surface area contributed by atoms with Crippen LogP contribution in [0.4, 0.5) is 0 Å². The molecule has 0 bridgehead atoms. The van der Waals surface area contributed by atoms with Crippen molar-refractivity contribution in [2.24, 2.45) is 0 Å². The van der Waals surface area contributed by atoms with Crippen LogP contribution in [0.1, 0.15) is 26.2 Å². The second-order valence-electron chi connectivity index (χ2n) is 3.43. The fourth-order valence-corrected chi connectivity index (χ4v) is 1.95. The minimum atomic E-state index is 0.311. The molecular formula is C9H13NO. The van der Waals surface area contributed by atoms with Gasteiger partial charge in [-0.15, -0.1) is 0 Å². The Morgan fingerprint density at radius 2 is 2.36 bits per heavy atom. The van der Waals surface area contributed by atoms with E-state index in [2.05, 4.69) is 11.8 Å². The molecule has 0 amide bonds. The molecule has 0 aliphatic carbocycles. The molecule has 0 spiro atoms. The second kappa shape index (κ2) is 2.36. The van der Waals surface area contributed by atoms with Crippen molar-refractivity contribution < 1.29 is 4.79 Å². The number of hydrogen-bond acceptors (Lipinski definition) is 2. The molecular weight excluding hydrogens is 138 g/mol. The lowest BCUT2D eigenvalue weighted by atomic mass is 10.1. The Morgan fingerprint density at radius 3 is 3.18 bits per heavy atom. The van der Waals surface area contributed by atoms with Gasteiger partial charge in [0.2, 0.25) is 0 Å². The number of rotatable bonds is 0. The van der Waals surface area contributed by atoms with Gasteiger partial charge >= 0.3 is 0 Å². The van der Waals surface area contributed by atoms with Crippen LogP contribution in [0.5, 0.6) is 0 Å². The summed E-state index contributed by atoms with van der Waals surface area (Å²) in [5.74, 6) is 0.311. The first kappa shape index (κ1) is 6.89. The molecule has 1 atom stereocenters. The summed E-state index contributed by atoms with van der Waals surface area (Å²) in [6.45, 7) is 3.18. The largest absolute Gasteiger partial charge is 0.372 e. The Kier molecular flexibility index (Phi) is 1.48. The van der Waals surface area contributed by atoms with Crippen LogP contribution in [-0.4, -0.2) is 23.3 Å². The van der Waals surface area contributed by atoms with Crippen LogP contribution in [0.2, 0.25) is 0 Å². The van der Waals surface area contributed by atoms with Crippen molar-refractivity contribution in [2.45, 2.75) is 32.2 Å². The number of nitrogens with zero attached hydrogens (tertiary/aromatic N) is 1. The van der Waals surface area contributed by atoms with Crippen LogP contribution in [0.25, 0.3) is 0 Å². The van der Waals surface area contributed by atoms with Crippen LogP contribution in [0.3, 0.4) is 0 Å². The molecule has 2 rings (SSSR count). The third-order valence-electron chi connectivity index (χ3n) is 2.65. The van der Waals surface area contributed by atoms with E-state index < -0.39 is 0 Å². The minimum Gasteiger partial charge on any atom is -0.372 e. The monoisotopic (exact) mass is 151 g/mol. The van der Waals surface area contributed by atoms with Crippen LogP contribution in [0, 0.1) is 0 Å². The van der Waals surface area contributed by atoms with Gasteiger partial charge in [-0.1, -0.05) is 0 Å². The summed E-state index contributed by atoms with van der Waals surface area (Å²) in [4.78, 5) is 13.4. The van der Waals surface area contributed by atoms with E-state index in [0.717, 1.165) is 13.0 Å². The summed E-state index contributed by atoms with van der Waals surface area (Å²) in [7, 11) is 0. The smallest absolute Gasteiger partial charge is 0.159 e. The predicted molar refractivity (Wildman–Crippen MR) is 43.1 cm³/mol. The standard InChI is InChI=1S/C9H13NO/c1-7-2-3-8-6-9(11)4-5-10(7)8/h6-7H,2-5H2,1H3. The van der Waals surface area contributed by atoms with Gasteiger partial charge in [-0.25, -0.2) is 0 Å². The first-order valence-corrected chi connectivity index (χ1v) is 4.27. The summed E-state index contributed by atoms with van der Waals surface area (Å²) >= 11 is 0. The van der Waals surface area contributed by atoms with Crippen molar-refractivity contribution in [3.05, 3.63) is 11.8 Å². The van der Waals surface area contributed by atoms with Crippen molar-refractivity contribution in [1.82, 2.24) is 4.90 Å². The lowest BCUT2D eigenvalue weighted by molar-refractivity contribution is -0.115. The summed E-state index contributed by atoms with van der Waals surface area (Å²) in [6, 6.07) is 0.661. The maximum Gasteiger partial charge on any atom is 0.159 e. The Bertz CT molecular complexity index is 220. The van der Waals surface area contributed by atoms with Crippen LogP contribution in [-0.2, 0) is 4.79 Å². The number of hydrogen-bond donors (Lipinski definition) is 0. The molecule has 0 aromatic rings. The zero-order valence-corrected chi connectivity index (χ0v) is 6.84. The minimum absolute atomic E-state index is 0.311. The van der Waals surface area contributed by atoms with Gasteiger partial charge in [0.25, 0.3) is 0 Å². The quantitative estimate of drug-likeness (QED) is 0.520. The molecule has 0 N–H and O–H groups in total. The molecule has 0 aromatic heterocycles. The molecule has 60 valence electrons. The van der Waals surface area contributed by atoms with Gasteiger partial charge in [0.05, 0.1) is 0 Å². The predicted octanol–water partition coefficient (Wildman–Crippen LogP) is 1.33. The first-order chi connectivity index (χ1) is 5.27. The summed E-state index contributed by atoms with van der Waals surface area (Å²) in [5, 5.41) is 0. The molecule has 11 heavy (non-hydrogen) atoms. The van der Waals surface area contributed by atoms with Crippen molar-refractivity contribution in [1.29, 1.82) is 0 Å². The highest BCUT2D eigenvalue weighted by Crippen LogP contribution is 2.29. The molecule has 2 heterocycles. The molecule has 1 saturated heterocycles. The van der Waals surface area contributed by atoms with Gasteiger partial charge in [-0.2, -0.15) is 0 Å². The maximum atomic E-state index is 11.0. The third kappa shape index (κ3) is 1.06. The topological polar surface area (TPSA) is 20.3 Å². The highest BCUT2D eigenvalue weighted by molar-refractivity contribution is 5.91. The third-order valence-corrected chi connectivity index (χ3v) is 2.65. The van der Waals surface area contributed by atoms with Gasteiger partial charge in [-0.3, -0.25) is 4.79 Å². The zero-order valence-electron chi connectivity index (χ0n) is 6.84. The molecule has 2 nitrogen and oxygen atoms in total. The van der Waals surface area contributed by atoms with Crippen LogP contribution < -0.4 is 0 Å². The summed E-state index contributed by atoms with van der Waals surface area (Å²) < 4.78 is 0. The Morgan fingerprint density at radius 1 is 1.55 bits per heavy atom. The second-order valence-corrected chi connectivity index (χ2v) is 3.43. The molecule has 2 aliphatic rings. The van der Waals surface area contributed by atoms with Gasteiger partial charge < -0.3 is 4.90 Å². The lowest BCUT2D eigenvalue weighted by Crippen LogP contribution is -2.31. The van der Waals surface area contributed by atoms with Crippen molar-refractivity contribution in [3.63, 3.8) is 0 Å². The van der Waals surface area contributed by atoms with E-state index in [0.29, 0.717) is 18.2 Å². The highest BCUT2D eigenvalue weighted by Gasteiger charge is 2.27. The molecule has 0 aromatic carbocycles. The van der Waals surface area contributed by atoms with Gasteiger partial charge in [0.15, 0.2) is 5.78 Å². The molecule has 1 fully saturated rings. The number of carbonyl (C=O) groups excluding carboxylic acids is 1. The Hall–Kier alpha value is -0.790. The Labute approximate surface area is 66.9 Å². The molecule has 0 radical (unpaired) electrons. The fraction of sp³-hybridized carbons (Fsp3) is 0.667. The fourth-order valence-electron chi connectivity index (χ4n) is 1.95. The van der Waals surface area contributed by atoms with E-state index in [9.17, 15) is 4.79 Å². The molecule has 1 unspecified atom stereocenters. The normalized spacial score (nSPS) is 30.3. The average Bonchev–Trinajstić information content (AvgIpc) is 2.32. The summed E-state index contributed by atoms with van der Waals surface area (Å²) in [5.41, 5.74) is 1.27. The summed E-state index contributed by atoms with van der Waals surface area (Å²) in [6.07, 6.45) is 4.87. The molecule has 2 aliphatic heterocycles. The zero-order chi connectivity index (χ0) is 7.84. The van der Waals surface area contributed by atoms with Gasteiger partial charge in [0, 0.05) is 30.8 Å². The number of carbonyl (C=O) groups is 1. The highest BCUT2D eigenvalue weighted by atomic mass is 16.1. The van der Waals surface area contributed by atoms with E-state index in [-0.39, 0.29) is 0 Å². The lowest BCUT2D eigenvalue weighted by Gasteiger charge is -2.27. The molecule has 2 heteroatoms. The number of allylic oxidation sites excluding steroid dienone is 2. The average molecular weight is 151 g/mol. The van der Waals surface area contributed by atoms with Crippen molar-refractivity contribution in [2.75, 3.05) is 6.54 Å². The SMILES string of the molecule is CC1CCC2=CC(=O)CCN21. The van der Waals surface area contributed by atoms with Crippen molar-refractivity contribution in [3.8, 4) is 0 Å². The van der Waals surface area contributed by atoms with E-state index >= 15 is 0 Å². The Balaban J connectivity index is 2.24. The molecule has 0 saturated carbocycles. The van der Waals surface area contributed by atoms with Crippen molar-refractivity contribution >= 4 is 5.78 Å². The number of fused-ring (bicyclic) bond motifs is 1. The maximum absolute atomic E-state index is 11.0. The van der Waals surface area contributed by atoms with E-state index in [1.165, 1.54) is 12.1 Å². The van der Waals surface area contributed by atoms with E-state index in [4.69, 9.17) is 0 Å². The van der Waals surface area contributed by atoms with Crippen LogP contribution in [0.15, 0.2) is 11.8 Å². The van der Waals surface area contributed by atoms with Gasteiger partial charge in [-0.05, 0) is 19.8 Å². The van der Waals surface area contributed by atoms with Gasteiger partial charge in [0.1, 0.15) is 0 Å². The van der Waals surface area contributed by atoms with E-state index in [1.807, 2.05) is 6.08 Å². The number of ketones is 1. The first-order valence-electron chi connectivity index (χ1n) is 4.27.